The van der Waals surface area contributed by atoms with Crippen LogP contribution in [0.3, 0.4) is 0 Å². The van der Waals surface area contributed by atoms with Crippen LogP contribution in [0.5, 0.6) is 0 Å². The molecule has 0 saturated carbocycles. The van der Waals surface area contributed by atoms with E-state index in [9.17, 15) is 5.11 Å². The lowest BCUT2D eigenvalue weighted by molar-refractivity contribution is 0.0494. The molecular formula is C19H28N4O. The van der Waals surface area contributed by atoms with Crippen LogP contribution in [-0.2, 0) is 13.1 Å². The Kier molecular flexibility index (Phi) is 5.66. The summed E-state index contributed by atoms with van der Waals surface area (Å²) in [6, 6.07) is 11.3. The molecule has 0 spiro atoms. The molecule has 1 saturated heterocycles. The topological polar surface area (TPSA) is 55.4 Å². The first-order chi connectivity index (χ1) is 11.6. The van der Waals surface area contributed by atoms with E-state index in [1.165, 1.54) is 11.1 Å². The highest BCUT2D eigenvalue weighted by Crippen LogP contribution is 2.18. The first kappa shape index (κ1) is 17.1. The summed E-state index contributed by atoms with van der Waals surface area (Å²) >= 11 is 0. The van der Waals surface area contributed by atoms with E-state index in [4.69, 9.17) is 0 Å². The largest absolute Gasteiger partial charge is 0.396 e. The third-order valence-electron chi connectivity index (χ3n) is 4.80. The van der Waals surface area contributed by atoms with E-state index in [0.717, 1.165) is 50.5 Å². The molecule has 0 amide bonds. The Morgan fingerprint density at radius 3 is 2.62 bits per heavy atom. The second kappa shape index (κ2) is 7.92. The fourth-order valence-corrected chi connectivity index (χ4v) is 3.44. The summed E-state index contributed by atoms with van der Waals surface area (Å²) in [6.07, 6.45) is 0.821. The van der Waals surface area contributed by atoms with Crippen molar-refractivity contribution in [3.05, 3.63) is 52.8 Å². The number of nitrogens with zero attached hydrogens (tertiary/aromatic N) is 3. The Hall–Kier alpha value is -1.69. The predicted molar refractivity (Wildman–Crippen MR) is 95.7 cm³/mol. The summed E-state index contributed by atoms with van der Waals surface area (Å²) in [5, 5.41) is 16.8. The molecule has 0 aliphatic carbocycles. The molecule has 2 N–H and O–H groups in total. The molecule has 3 rings (SSSR count). The van der Waals surface area contributed by atoms with Crippen molar-refractivity contribution >= 4 is 0 Å². The van der Waals surface area contributed by atoms with Crippen LogP contribution in [0.15, 0.2) is 30.3 Å². The van der Waals surface area contributed by atoms with Crippen LogP contribution in [0.4, 0.5) is 0 Å². The van der Waals surface area contributed by atoms with Crippen LogP contribution in [0.1, 0.15) is 28.9 Å². The first-order valence-electron chi connectivity index (χ1n) is 8.78. The third kappa shape index (κ3) is 4.44. The molecule has 1 aromatic heterocycles. The van der Waals surface area contributed by atoms with Crippen molar-refractivity contribution in [1.82, 2.24) is 20.0 Å². The van der Waals surface area contributed by atoms with Crippen LogP contribution < -0.4 is 0 Å². The lowest BCUT2D eigenvalue weighted by atomic mass is 10.1. The molecule has 0 unspecified atom stereocenters. The third-order valence-corrected chi connectivity index (χ3v) is 4.80. The monoisotopic (exact) mass is 328 g/mol. The number of piperazine rings is 1. The number of H-pyrrole nitrogens is 1. The smallest absolute Gasteiger partial charge is 0.0765 e. The Morgan fingerprint density at radius 1 is 1.17 bits per heavy atom. The van der Waals surface area contributed by atoms with E-state index >= 15 is 0 Å². The summed E-state index contributed by atoms with van der Waals surface area (Å²) in [5.74, 6) is 0. The molecule has 2 aromatic rings. The lowest BCUT2D eigenvalue weighted by Gasteiger charge is -2.41. The van der Waals surface area contributed by atoms with Crippen molar-refractivity contribution in [2.75, 3.05) is 26.2 Å². The normalized spacial score (nSPS) is 19.7. The SMILES string of the molecule is Cc1ccc(CN2CCN(Cc3cc(C)[nH]n3)C[C@H]2CCO)cc1. The van der Waals surface area contributed by atoms with Gasteiger partial charge in [-0.25, -0.2) is 0 Å². The minimum Gasteiger partial charge on any atom is -0.396 e. The van der Waals surface area contributed by atoms with Crippen molar-refractivity contribution in [1.29, 1.82) is 0 Å². The number of aromatic nitrogens is 2. The predicted octanol–water partition coefficient (Wildman–Crippen LogP) is 2.10. The van der Waals surface area contributed by atoms with Gasteiger partial charge in [0.25, 0.3) is 0 Å². The van der Waals surface area contributed by atoms with Crippen LogP contribution in [-0.4, -0.2) is 57.4 Å². The molecule has 5 heteroatoms. The van der Waals surface area contributed by atoms with Gasteiger partial charge in [-0.2, -0.15) is 5.10 Å². The molecule has 2 heterocycles. The van der Waals surface area contributed by atoms with Gasteiger partial charge in [0.15, 0.2) is 0 Å². The van der Waals surface area contributed by atoms with E-state index in [1.807, 2.05) is 6.92 Å². The maximum atomic E-state index is 9.46. The molecule has 24 heavy (non-hydrogen) atoms. The molecule has 1 aliphatic rings. The average molecular weight is 328 g/mol. The second-order valence-electron chi connectivity index (χ2n) is 6.90. The van der Waals surface area contributed by atoms with Crippen molar-refractivity contribution in [2.24, 2.45) is 0 Å². The van der Waals surface area contributed by atoms with E-state index in [1.54, 1.807) is 0 Å². The Bertz CT molecular complexity index is 637. The van der Waals surface area contributed by atoms with Gasteiger partial charge in [-0.1, -0.05) is 29.8 Å². The molecule has 1 fully saturated rings. The van der Waals surface area contributed by atoms with Crippen LogP contribution in [0, 0.1) is 13.8 Å². The minimum absolute atomic E-state index is 0.240. The average Bonchev–Trinajstić information content (AvgIpc) is 2.97. The summed E-state index contributed by atoms with van der Waals surface area (Å²) < 4.78 is 0. The number of hydrogen-bond donors (Lipinski definition) is 2. The Morgan fingerprint density at radius 2 is 1.96 bits per heavy atom. The molecule has 5 nitrogen and oxygen atoms in total. The molecule has 130 valence electrons. The van der Waals surface area contributed by atoms with Gasteiger partial charge < -0.3 is 5.11 Å². The van der Waals surface area contributed by atoms with Gasteiger partial charge in [0.05, 0.1) is 5.69 Å². The molecule has 1 aromatic carbocycles. The highest BCUT2D eigenvalue weighted by atomic mass is 16.3. The number of nitrogens with one attached hydrogen (secondary N) is 1. The van der Waals surface area contributed by atoms with Crippen molar-refractivity contribution in [3.63, 3.8) is 0 Å². The zero-order chi connectivity index (χ0) is 16.9. The number of aliphatic hydroxyl groups excluding tert-OH is 1. The van der Waals surface area contributed by atoms with E-state index in [-0.39, 0.29) is 6.61 Å². The number of hydrogen-bond acceptors (Lipinski definition) is 4. The van der Waals surface area contributed by atoms with Gasteiger partial charge in [0, 0.05) is 51.1 Å². The van der Waals surface area contributed by atoms with Crippen molar-refractivity contribution < 1.29 is 5.11 Å². The minimum atomic E-state index is 0.240. The zero-order valence-electron chi connectivity index (χ0n) is 14.7. The standard InChI is InChI=1S/C19H28N4O/c1-15-3-5-17(6-4-15)12-23-9-8-22(14-19(23)7-10-24)13-18-11-16(2)20-21-18/h3-6,11,19,24H,7-10,12-14H2,1-2H3,(H,20,21)/t19-/m1/s1. The van der Waals surface area contributed by atoms with Gasteiger partial charge in [0.1, 0.15) is 0 Å². The van der Waals surface area contributed by atoms with E-state index in [0.29, 0.717) is 6.04 Å². The molecule has 0 bridgehead atoms. The quantitative estimate of drug-likeness (QED) is 0.853. The highest BCUT2D eigenvalue weighted by Gasteiger charge is 2.26. The number of aryl methyl sites for hydroxylation is 2. The van der Waals surface area contributed by atoms with Crippen molar-refractivity contribution in [2.45, 2.75) is 39.4 Å². The highest BCUT2D eigenvalue weighted by molar-refractivity contribution is 5.21. The number of benzene rings is 1. The van der Waals surface area contributed by atoms with Crippen LogP contribution in [0.25, 0.3) is 0 Å². The summed E-state index contributed by atoms with van der Waals surface area (Å²) in [4.78, 5) is 4.95. The second-order valence-corrected chi connectivity index (χ2v) is 6.90. The molecule has 1 atom stereocenters. The van der Waals surface area contributed by atoms with Gasteiger partial charge in [0.2, 0.25) is 0 Å². The summed E-state index contributed by atoms with van der Waals surface area (Å²) in [6.45, 7) is 9.29. The summed E-state index contributed by atoms with van der Waals surface area (Å²) in [7, 11) is 0. The van der Waals surface area contributed by atoms with Gasteiger partial charge in [-0.05, 0) is 31.9 Å². The van der Waals surface area contributed by atoms with Crippen LogP contribution in [0.2, 0.25) is 0 Å². The maximum absolute atomic E-state index is 9.46. The molecular weight excluding hydrogens is 300 g/mol. The fraction of sp³-hybridized carbons (Fsp3) is 0.526. The van der Waals surface area contributed by atoms with Crippen molar-refractivity contribution in [3.8, 4) is 0 Å². The number of aliphatic hydroxyl groups is 1. The van der Waals surface area contributed by atoms with Gasteiger partial charge in [-0.3, -0.25) is 14.9 Å². The Labute approximate surface area is 144 Å². The fourth-order valence-electron chi connectivity index (χ4n) is 3.44. The molecule has 1 aliphatic heterocycles. The number of aromatic amines is 1. The maximum Gasteiger partial charge on any atom is 0.0765 e. The van der Waals surface area contributed by atoms with Crippen LogP contribution >= 0.6 is 0 Å². The van der Waals surface area contributed by atoms with E-state index in [2.05, 4.69) is 57.3 Å². The molecule has 0 radical (unpaired) electrons. The van der Waals surface area contributed by atoms with Gasteiger partial charge >= 0.3 is 0 Å². The zero-order valence-corrected chi connectivity index (χ0v) is 14.7. The lowest BCUT2D eigenvalue weighted by Crippen LogP contribution is -2.52. The first-order valence-corrected chi connectivity index (χ1v) is 8.78. The number of rotatable bonds is 6. The van der Waals surface area contributed by atoms with Gasteiger partial charge in [-0.15, -0.1) is 0 Å². The Balaban J connectivity index is 1.61. The summed E-state index contributed by atoms with van der Waals surface area (Å²) in [5.41, 5.74) is 4.85. The van der Waals surface area contributed by atoms with E-state index < -0.39 is 0 Å².